The second-order valence-corrected chi connectivity index (χ2v) is 3.87. The van der Waals surface area contributed by atoms with Gasteiger partial charge in [0.25, 0.3) is 5.88 Å². The molecular weight excluding hydrogens is 234 g/mol. The first-order valence-corrected chi connectivity index (χ1v) is 5.15. The van der Waals surface area contributed by atoms with Crippen molar-refractivity contribution in [2.24, 2.45) is 0 Å². The zero-order chi connectivity index (χ0) is 11.5. The number of nitrogens with zero attached hydrogens (tertiary/aromatic N) is 2. The normalized spacial score (nSPS) is 23.3. The first kappa shape index (κ1) is 10.9. The number of rotatable bonds is 3. The van der Waals surface area contributed by atoms with E-state index in [1.54, 1.807) is 0 Å². The molecule has 1 saturated carbocycles. The number of carboxylic acid groups (broad SMARTS) is 1. The van der Waals surface area contributed by atoms with Crippen LogP contribution in [-0.2, 0) is 0 Å². The van der Waals surface area contributed by atoms with Gasteiger partial charge in [-0.05, 0) is 0 Å². The van der Waals surface area contributed by atoms with Crippen LogP contribution in [0.15, 0.2) is 12.4 Å². The van der Waals surface area contributed by atoms with Gasteiger partial charge in [0.1, 0.15) is 6.10 Å². The molecule has 0 spiro atoms. The maximum absolute atomic E-state index is 10.3. The van der Waals surface area contributed by atoms with Crippen LogP contribution in [-0.4, -0.2) is 33.3 Å². The number of hydrogen-bond donors (Lipinski definition) is 2. The molecule has 0 unspecified atom stereocenters. The molecule has 1 aliphatic carbocycles. The molecule has 1 heterocycles. The highest BCUT2D eigenvalue weighted by atomic mass is 35.5. The monoisotopic (exact) mass is 243 g/mol. The fraction of sp³-hybridized carbons (Fsp3) is 0.444. The van der Waals surface area contributed by atoms with Gasteiger partial charge in [-0.1, -0.05) is 11.6 Å². The largest absolute Gasteiger partial charge is 0.472 e. The Morgan fingerprint density at radius 1 is 1.50 bits per heavy atom. The van der Waals surface area contributed by atoms with Crippen molar-refractivity contribution in [3.8, 4) is 5.88 Å². The van der Waals surface area contributed by atoms with Crippen molar-refractivity contribution in [1.82, 2.24) is 15.3 Å². The lowest BCUT2D eigenvalue weighted by atomic mass is 9.89. The van der Waals surface area contributed by atoms with Gasteiger partial charge in [0.15, 0.2) is 5.15 Å². The fourth-order valence-corrected chi connectivity index (χ4v) is 1.65. The van der Waals surface area contributed by atoms with Crippen molar-refractivity contribution in [2.45, 2.75) is 25.0 Å². The van der Waals surface area contributed by atoms with Crippen molar-refractivity contribution >= 4 is 17.7 Å². The second kappa shape index (κ2) is 4.52. The van der Waals surface area contributed by atoms with E-state index in [9.17, 15) is 4.79 Å². The summed E-state index contributed by atoms with van der Waals surface area (Å²) in [5, 5.41) is 11.1. The molecular formula is C9H10ClN3O3. The van der Waals surface area contributed by atoms with E-state index >= 15 is 0 Å². The number of halogens is 1. The minimum Gasteiger partial charge on any atom is -0.472 e. The van der Waals surface area contributed by atoms with Crippen molar-refractivity contribution < 1.29 is 14.6 Å². The SMILES string of the molecule is O=C(O)NC1CC(Oc2nccnc2Cl)C1. The van der Waals surface area contributed by atoms with Gasteiger partial charge < -0.3 is 15.2 Å². The van der Waals surface area contributed by atoms with Gasteiger partial charge in [0, 0.05) is 31.3 Å². The Labute approximate surface area is 96.6 Å². The Morgan fingerprint density at radius 2 is 2.19 bits per heavy atom. The number of ether oxygens (including phenoxy) is 1. The molecule has 0 aliphatic heterocycles. The van der Waals surface area contributed by atoms with Crippen LogP contribution in [0.4, 0.5) is 4.79 Å². The van der Waals surface area contributed by atoms with E-state index in [1.165, 1.54) is 12.4 Å². The molecule has 1 aliphatic rings. The van der Waals surface area contributed by atoms with Crippen molar-refractivity contribution in [1.29, 1.82) is 0 Å². The minimum atomic E-state index is -1.01. The molecule has 2 rings (SSSR count). The van der Waals surface area contributed by atoms with Gasteiger partial charge in [-0.15, -0.1) is 0 Å². The van der Waals surface area contributed by atoms with E-state index in [1.807, 2.05) is 0 Å². The molecule has 16 heavy (non-hydrogen) atoms. The van der Waals surface area contributed by atoms with E-state index in [2.05, 4.69) is 15.3 Å². The van der Waals surface area contributed by atoms with Gasteiger partial charge in [0.2, 0.25) is 0 Å². The third-order valence-electron chi connectivity index (χ3n) is 2.32. The van der Waals surface area contributed by atoms with E-state index in [-0.39, 0.29) is 17.3 Å². The lowest BCUT2D eigenvalue weighted by Gasteiger charge is -2.34. The standard InChI is InChI=1S/C9H10ClN3O3/c10-7-8(12-2-1-11-7)16-6-3-5(4-6)13-9(14)15/h1-2,5-6,13H,3-4H2,(H,14,15). The summed E-state index contributed by atoms with van der Waals surface area (Å²) in [5.41, 5.74) is 0. The molecule has 1 aromatic rings. The first-order valence-electron chi connectivity index (χ1n) is 4.78. The van der Waals surface area contributed by atoms with E-state index in [0.29, 0.717) is 18.7 Å². The highest BCUT2D eigenvalue weighted by molar-refractivity contribution is 6.30. The molecule has 0 saturated heterocycles. The smallest absolute Gasteiger partial charge is 0.404 e. The van der Waals surface area contributed by atoms with Crippen LogP contribution in [0.25, 0.3) is 0 Å². The van der Waals surface area contributed by atoms with Crippen molar-refractivity contribution in [3.05, 3.63) is 17.5 Å². The quantitative estimate of drug-likeness (QED) is 0.836. The molecule has 1 amide bonds. The molecule has 1 aromatic heterocycles. The Kier molecular flexibility index (Phi) is 3.09. The van der Waals surface area contributed by atoms with Crippen LogP contribution < -0.4 is 10.1 Å². The lowest BCUT2D eigenvalue weighted by Crippen LogP contribution is -2.48. The maximum atomic E-state index is 10.3. The van der Waals surface area contributed by atoms with Gasteiger partial charge in [-0.2, -0.15) is 0 Å². The molecule has 7 heteroatoms. The highest BCUT2D eigenvalue weighted by Crippen LogP contribution is 2.27. The Morgan fingerprint density at radius 3 is 2.81 bits per heavy atom. The number of amides is 1. The average molecular weight is 244 g/mol. The summed E-state index contributed by atoms with van der Waals surface area (Å²) in [6, 6.07) is -0.0436. The zero-order valence-electron chi connectivity index (χ0n) is 8.26. The van der Waals surface area contributed by atoms with E-state index in [4.69, 9.17) is 21.4 Å². The van der Waals surface area contributed by atoms with Gasteiger partial charge >= 0.3 is 6.09 Å². The highest BCUT2D eigenvalue weighted by Gasteiger charge is 2.32. The summed E-state index contributed by atoms with van der Waals surface area (Å²) in [6.45, 7) is 0. The predicted octanol–water partition coefficient (Wildman–Crippen LogP) is 1.31. The number of carbonyl (C=O) groups is 1. The molecule has 0 atom stereocenters. The third kappa shape index (κ3) is 2.52. The van der Waals surface area contributed by atoms with Crippen LogP contribution in [0.3, 0.4) is 0 Å². The van der Waals surface area contributed by atoms with Crippen LogP contribution in [0.1, 0.15) is 12.8 Å². The molecule has 86 valence electrons. The van der Waals surface area contributed by atoms with Crippen molar-refractivity contribution in [3.63, 3.8) is 0 Å². The van der Waals surface area contributed by atoms with Crippen molar-refractivity contribution in [2.75, 3.05) is 0 Å². The van der Waals surface area contributed by atoms with Crippen LogP contribution >= 0.6 is 11.6 Å². The van der Waals surface area contributed by atoms with Crippen LogP contribution in [0, 0.1) is 0 Å². The third-order valence-corrected chi connectivity index (χ3v) is 2.58. The molecule has 6 nitrogen and oxygen atoms in total. The summed E-state index contributed by atoms with van der Waals surface area (Å²) < 4.78 is 5.45. The second-order valence-electron chi connectivity index (χ2n) is 3.51. The summed E-state index contributed by atoms with van der Waals surface area (Å²) >= 11 is 5.76. The van der Waals surface area contributed by atoms with E-state index in [0.717, 1.165) is 0 Å². The van der Waals surface area contributed by atoms with E-state index < -0.39 is 6.09 Å². The summed E-state index contributed by atoms with van der Waals surface area (Å²) in [4.78, 5) is 18.1. The van der Waals surface area contributed by atoms with Gasteiger partial charge in [-0.25, -0.2) is 14.8 Å². The van der Waals surface area contributed by atoms with Gasteiger partial charge in [-0.3, -0.25) is 0 Å². The topological polar surface area (TPSA) is 84.3 Å². The van der Waals surface area contributed by atoms with Gasteiger partial charge in [0.05, 0.1) is 0 Å². The number of aromatic nitrogens is 2. The first-order chi connectivity index (χ1) is 7.65. The molecule has 1 fully saturated rings. The lowest BCUT2D eigenvalue weighted by molar-refractivity contribution is 0.0790. The molecule has 2 N–H and O–H groups in total. The predicted molar refractivity (Wildman–Crippen MR) is 55.6 cm³/mol. The van der Waals surface area contributed by atoms with Crippen LogP contribution in [0.5, 0.6) is 5.88 Å². The average Bonchev–Trinajstić information content (AvgIpc) is 2.17. The number of hydrogen-bond acceptors (Lipinski definition) is 4. The Balaban J connectivity index is 1.82. The Bertz CT molecular complexity index is 395. The van der Waals surface area contributed by atoms with Crippen LogP contribution in [0.2, 0.25) is 5.15 Å². The summed E-state index contributed by atoms with van der Waals surface area (Å²) in [7, 11) is 0. The number of nitrogens with one attached hydrogen (secondary N) is 1. The fourth-order valence-electron chi connectivity index (χ4n) is 1.50. The summed E-state index contributed by atoms with van der Waals surface area (Å²) in [5.74, 6) is 0.294. The maximum Gasteiger partial charge on any atom is 0.404 e. The molecule has 0 bridgehead atoms. The Hall–Kier alpha value is -1.56. The molecule has 0 aromatic carbocycles. The summed E-state index contributed by atoms with van der Waals surface area (Å²) in [6.07, 6.45) is 3.16. The zero-order valence-corrected chi connectivity index (χ0v) is 9.02. The minimum absolute atomic E-state index is 0.0436. The molecule has 0 radical (unpaired) electrons.